The number of ketones is 2. The van der Waals surface area contributed by atoms with Crippen molar-refractivity contribution in [2.75, 3.05) is 54.8 Å². The van der Waals surface area contributed by atoms with Gasteiger partial charge < -0.3 is 55.1 Å². The van der Waals surface area contributed by atoms with Crippen LogP contribution in [-0.2, 0) is 45.6 Å². The molecule has 1 aliphatic heterocycles. The molecule has 2 bridgehead atoms. The second-order valence-corrected chi connectivity index (χ2v) is 15.9. The fraction of sp³-hybridized carbons (Fsp3) is 0.524. The summed E-state index contributed by atoms with van der Waals surface area (Å²) in [5.41, 5.74) is 6.12. The van der Waals surface area contributed by atoms with Crippen molar-refractivity contribution in [3.05, 3.63) is 104 Å². The molecule has 1 aliphatic carbocycles. The van der Waals surface area contributed by atoms with Gasteiger partial charge in [0.25, 0.3) is 12.1 Å². The average Bonchev–Trinajstić information content (AvgIpc) is 3.64. The summed E-state index contributed by atoms with van der Waals surface area (Å²) < 4.78 is 27.4. The van der Waals surface area contributed by atoms with Crippen LogP contribution in [0.3, 0.4) is 0 Å². The molecule has 1 aromatic heterocycles. The minimum absolute atomic E-state index is 0.0801. The predicted octanol–water partition coefficient (Wildman–Crippen LogP) is 3.87. The molecule has 0 saturated heterocycles. The van der Waals surface area contributed by atoms with Crippen molar-refractivity contribution in [1.82, 2.24) is 20.9 Å². The van der Waals surface area contributed by atoms with Crippen molar-refractivity contribution in [2.24, 2.45) is 17.6 Å². The summed E-state index contributed by atoms with van der Waals surface area (Å²) in [6.45, 7) is 8.37. The molecule has 0 saturated carbocycles. The van der Waals surface area contributed by atoms with Crippen molar-refractivity contribution < 1.29 is 52.6 Å². The summed E-state index contributed by atoms with van der Waals surface area (Å²) in [5.74, 6) is 1.56. The average molecular weight is 875 g/mol. The molecule has 6 atom stereocenters. The van der Waals surface area contributed by atoms with Crippen molar-refractivity contribution in [2.45, 2.75) is 77.3 Å². The fourth-order valence-corrected chi connectivity index (χ4v) is 7.16. The summed E-state index contributed by atoms with van der Waals surface area (Å²) >= 11 is 1.72. The number of hydrogen-bond donors (Lipinski definition) is 5. The first-order valence-electron chi connectivity index (χ1n) is 19.5. The van der Waals surface area contributed by atoms with Crippen LogP contribution in [0, 0.1) is 22.0 Å². The van der Waals surface area contributed by atoms with Crippen LogP contribution in [0.5, 0.6) is 0 Å². The number of primary amides is 1. The van der Waals surface area contributed by atoms with E-state index in [9.17, 15) is 34.4 Å². The highest BCUT2D eigenvalue weighted by molar-refractivity contribution is 7.98. The second kappa shape index (κ2) is 26.2. The summed E-state index contributed by atoms with van der Waals surface area (Å²) in [4.78, 5) is 62.5. The highest BCUT2D eigenvalue weighted by atomic mass is 32.2. The Morgan fingerprint density at radius 3 is 2.43 bits per heavy atom. The number of fused-ring (bicyclic) bond motifs is 2. The molecule has 2 heterocycles. The lowest BCUT2D eigenvalue weighted by Gasteiger charge is -2.29. The number of nitrogens with two attached hydrogens (primary N) is 1. The van der Waals surface area contributed by atoms with E-state index in [1.807, 2.05) is 33.2 Å². The summed E-state index contributed by atoms with van der Waals surface area (Å²) in [6, 6.07) is 3.98. The number of methoxy groups -OCH3 is 3. The number of hydrogen-bond acceptors (Lipinski definition) is 16. The van der Waals surface area contributed by atoms with Crippen LogP contribution in [0.2, 0.25) is 0 Å². The minimum atomic E-state index is -1.00. The number of carbonyl (C=O) groups is 4. The van der Waals surface area contributed by atoms with Crippen molar-refractivity contribution >= 4 is 35.3 Å². The van der Waals surface area contributed by atoms with Crippen molar-refractivity contribution in [1.29, 1.82) is 0 Å². The molecule has 3 rings (SSSR count). The number of nitrogens with zero attached hydrogens (tertiary/aromatic N) is 2. The first kappa shape index (κ1) is 51.9. The van der Waals surface area contributed by atoms with Gasteiger partial charge >= 0.3 is 6.09 Å². The summed E-state index contributed by atoms with van der Waals surface area (Å²) in [6.07, 6.45) is 4.54. The number of rotatable bonds is 14. The molecule has 1 aromatic rings. The van der Waals surface area contributed by atoms with E-state index >= 15 is 0 Å². The molecule has 18 nitrogen and oxygen atoms in total. The van der Waals surface area contributed by atoms with Gasteiger partial charge in [-0.15, -0.1) is 0 Å². The molecule has 2 aliphatic rings. The Morgan fingerprint density at radius 1 is 1.15 bits per heavy atom. The van der Waals surface area contributed by atoms with Crippen LogP contribution in [0.25, 0.3) is 0 Å². The van der Waals surface area contributed by atoms with E-state index in [1.54, 1.807) is 50.9 Å². The molecule has 0 spiro atoms. The normalized spacial score (nSPS) is 25.5. The number of carbonyl (C=O) groups excluding carboxylic acids is 4. The zero-order chi connectivity index (χ0) is 45.8. The first-order chi connectivity index (χ1) is 28.8. The Morgan fingerprint density at radius 2 is 1.84 bits per heavy atom. The maximum Gasteiger partial charge on any atom is 0.405 e. The number of aliphatic hydroxyl groups excluding tert-OH is 1. The molecule has 0 radical (unpaired) electrons. The number of ether oxygens (including phenoxy) is 4. The second-order valence-electron chi connectivity index (χ2n) is 14.8. The van der Waals surface area contributed by atoms with Crippen LogP contribution >= 0.6 is 11.8 Å². The third-order valence-corrected chi connectivity index (χ3v) is 10.4. The van der Waals surface area contributed by atoms with E-state index in [2.05, 4.69) is 20.9 Å². The van der Waals surface area contributed by atoms with Gasteiger partial charge in [0.1, 0.15) is 17.6 Å². The third-order valence-electron chi connectivity index (χ3n) is 9.45. The monoisotopic (exact) mass is 874 g/mol. The lowest BCUT2D eigenvalue weighted by atomic mass is 9.85. The molecule has 0 aromatic carbocycles. The number of thioether (sulfide) groups is 1. The Hall–Kier alpha value is -5.21. The molecule has 61 heavy (non-hydrogen) atoms. The maximum atomic E-state index is 13.3. The quantitative estimate of drug-likeness (QED) is 0.0585. The van der Waals surface area contributed by atoms with E-state index in [-0.39, 0.29) is 34.9 Å². The van der Waals surface area contributed by atoms with E-state index in [0.29, 0.717) is 24.4 Å². The Balaban J connectivity index is 0.000000512. The summed E-state index contributed by atoms with van der Waals surface area (Å²) in [5, 5.41) is 29.7. The number of amides is 2. The molecule has 19 heteroatoms. The smallest absolute Gasteiger partial charge is 0.405 e. The van der Waals surface area contributed by atoms with Crippen molar-refractivity contribution in [3.8, 4) is 0 Å². The molecular weight excluding hydrogens is 813 g/mol. The third kappa shape index (κ3) is 17.4. The van der Waals surface area contributed by atoms with Gasteiger partial charge in [0.05, 0.1) is 42.2 Å². The van der Waals surface area contributed by atoms with E-state index < -0.39 is 58.8 Å². The lowest BCUT2D eigenvalue weighted by molar-refractivity contribution is -0.404. The highest BCUT2D eigenvalue weighted by Crippen LogP contribution is 2.29. The molecule has 6 N–H and O–H groups in total. The summed E-state index contributed by atoms with van der Waals surface area (Å²) in [7, 11) is 9.86. The van der Waals surface area contributed by atoms with Gasteiger partial charge in [0, 0.05) is 56.7 Å². The fourth-order valence-electron chi connectivity index (χ4n) is 6.41. The molecule has 338 valence electrons. The van der Waals surface area contributed by atoms with Gasteiger partial charge in [0.15, 0.2) is 17.7 Å². The number of nitrogens with one attached hydrogen (secondary N) is 3. The van der Waals surface area contributed by atoms with Gasteiger partial charge in [-0.2, -0.15) is 11.8 Å². The van der Waals surface area contributed by atoms with E-state index in [1.165, 1.54) is 34.3 Å². The van der Waals surface area contributed by atoms with E-state index in [0.717, 1.165) is 41.8 Å². The predicted molar refractivity (Wildman–Crippen MR) is 231 cm³/mol. The SMILES string of the molecule is CN/C(=C/[N+](=O)[O-])NCCSCc1ccc(CN(C)C)o1.COC1=C2C[C@@H](C)C[C@H](OC)[C@H](O)[C@@H](C)/C=C(\C)[C@H](OC(N)=O)[C@@H](OC)/C=C\C=C(/C)C(=O)NC(=CC1=O)C2=O. The Kier molecular flexibility index (Phi) is 22.3. The zero-order valence-corrected chi connectivity index (χ0v) is 37.5. The minimum Gasteiger partial charge on any atom is -0.492 e. The van der Waals surface area contributed by atoms with Crippen LogP contribution in [-0.4, -0.2) is 118 Å². The van der Waals surface area contributed by atoms with Gasteiger partial charge in [0.2, 0.25) is 11.6 Å². The zero-order valence-electron chi connectivity index (χ0n) is 36.6. The first-order valence-corrected chi connectivity index (χ1v) is 20.7. The van der Waals surface area contributed by atoms with Crippen LogP contribution in [0.4, 0.5) is 4.79 Å². The Labute approximate surface area is 361 Å². The van der Waals surface area contributed by atoms with Gasteiger partial charge in [-0.3, -0.25) is 24.5 Å². The number of aliphatic hydroxyl groups is 1. The van der Waals surface area contributed by atoms with E-state index in [4.69, 9.17) is 29.1 Å². The molecule has 0 fully saturated rings. The number of nitro groups is 1. The van der Waals surface area contributed by atoms with Gasteiger partial charge in [-0.25, -0.2) is 4.79 Å². The van der Waals surface area contributed by atoms with Crippen LogP contribution in [0.15, 0.2) is 87.1 Å². The van der Waals surface area contributed by atoms with Crippen LogP contribution < -0.4 is 21.7 Å². The largest absolute Gasteiger partial charge is 0.492 e. The topological polar surface area (TPSA) is 247 Å². The number of allylic oxidation sites excluding steroid dienone is 4. The highest BCUT2D eigenvalue weighted by Gasteiger charge is 2.34. The van der Waals surface area contributed by atoms with Crippen molar-refractivity contribution in [3.63, 3.8) is 0 Å². The molecule has 0 unspecified atom stereocenters. The van der Waals surface area contributed by atoms with Crippen LogP contribution in [0.1, 0.15) is 52.1 Å². The number of furan rings is 1. The molecular formula is C42H62N6O12S. The Bertz CT molecular complexity index is 1870. The maximum absolute atomic E-state index is 13.3. The lowest BCUT2D eigenvalue weighted by Crippen LogP contribution is -2.37. The van der Waals surface area contributed by atoms with Gasteiger partial charge in [-0.05, 0) is 64.4 Å². The number of Topliss-reactive ketones (excluding diaryl/α,β-unsaturated/α-hetero) is 1. The van der Waals surface area contributed by atoms with Gasteiger partial charge in [-0.1, -0.05) is 38.2 Å². The standard InChI is InChI=1S/C29H40N2O9.C13H22N4O3S/c1-15-11-19-25(34)20(14-21(32)27(19)39-7)31-28(35)16(2)9-8-10-22(37-5)26(40-29(30)36)18(4)13-17(3)24(33)23(12-15)38-6;1-14-13(9-17(18)19)15-6-7-21-10-12-5-4-11(20-12)8-16(2)3/h8-10,13-15,17,22-24,26,33H,11-12H2,1-7H3,(H2,30,36)(H,31,35);4-5,9,14-15H,6-8,10H2,1-3H3/b10-8-,16-9+,18-13+;13-9-/t15-,17+,22+,23+,24-,26+;/m1./s1. The molecule has 2 amide bonds.